The van der Waals surface area contributed by atoms with Crippen LogP contribution >= 0.6 is 113 Å². The Morgan fingerprint density at radius 3 is 1.21 bits per heavy atom. The number of hydrogen-bond acceptors (Lipinski definition) is 2. The predicted molar refractivity (Wildman–Crippen MR) is 354 cm³/mol. The Hall–Kier alpha value is -0.620. The van der Waals surface area contributed by atoms with Gasteiger partial charge in [0.15, 0.2) is 0 Å². The van der Waals surface area contributed by atoms with Crippen LogP contribution in [0.1, 0.15) is 49.9 Å². The minimum absolute atomic E-state index is 0.0856. The number of anilines is 3. The van der Waals surface area contributed by atoms with Crippen molar-refractivity contribution in [2.75, 3.05) is 4.90 Å². The molecule has 0 saturated carbocycles. The Morgan fingerprint density at radius 2 is 0.743 bits per heavy atom. The number of nitrogens with zero attached hydrogens (tertiary/aromatic N) is 1. The summed E-state index contributed by atoms with van der Waals surface area (Å²) in [5.74, 6) is 0. The summed E-state index contributed by atoms with van der Waals surface area (Å²) in [6.07, 6.45) is 0. The van der Waals surface area contributed by atoms with Crippen LogP contribution in [0.2, 0.25) is 0 Å². The number of hydrogen-bond donors (Lipinski definition) is 0. The Morgan fingerprint density at radius 1 is 0.371 bits per heavy atom. The molecule has 11 rings (SSSR count). The largest absolute Gasteiger partial charge is 0.455 e. The van der Waals surface area contributed by atoms with Crippen molar-refractivity contribution in [2.45, 2.75) is 38.5 Å². The number of para-hydroxylation sites is 2. The van der Waals surface area contributed by atoms with E-state index in [2.05, 4.69) is 280 Å². The van der Waals surface area contributed by atoms with Crippen molar-refractivity contribution in [3.63, 3.8) is 0 Å². The zero-order valence-corrected chi connectivity index (χ0v) is 54.0. The van der Waals surface area contributed by atoms with Crippen molar-refractivity contribution in [1.29, 1.82) is 0 Å². The molecule has 354 valence electrons. The van der Waals surface area contributed by atoms with E-state index in [4.69, 9.17) is 4.42 Å². The van der Waals surface area contributed by atoms with Gasteiger partial charge in [-0.1, -0.05) is 179 Å². The van der Waals surface area contributed by atoms with Gasteiger partial charge in [0, 0.05) is 49.5 Å². The van der Waals surface area contributed by atoms with Crippen LogP contribution < -0.4 is 4.90 Å². The fourth-order valence-electron chi connectivity index (χ4n) is 10.6. The van der Waals surface area contributed by atoms with E-state index >= 15 is 0 Å². The maximum Gasteiger partial charge on any atom is 0.143 e. The molecule has 0 bridgehead atoms. The lowest BCUT2D eigenvalue weighted by atomic mass is 9.82. The number of benzene rings is 8. The summed E-state index contributed by atoms with van der Waals surface area (Å²) in [7, 11) is 24.4. The third kappa shape index (κ3) is 9.65. The zero-order valence-electron chi connectivity index (χ0n) is 39.4. The average Bonchev–Trinajstić information content (AvgIpc) is 3.94. The highest BCUT2D eigenvalue weighted by atomic mass is 33.3. The molecular weight excluding hydrogens is 1110 g/mol. The maximum absolute atomic E-state index is 6.92. The van der Waals surface area contributed by atoms with Crippen molar-refractivity contribution in [1.82, 2.24) is 0 Å². The summed E-state index contributed by atoms with van der Waals surface area (Å²) in [6, 6.07) is 64.4. The molecule has 1 heterocycles. The first-order valence-electron chi connectivity index (χ1n) is 22.8. The van der Waals surface area contributed by atoms with Gasteiger partial charge in [0.05, 0.1) is 11.4 Å². The zero-order chi connectivity index (χ0) is 49.2. The van der Waals surface area contributed by atoms with Crippen LogP contribution in [-0.2, 0) is 10.8 Å². The number of furan rings is 1. The van der Waals surface area contributed by atoms with E-state index < -0.39 is 0 Å². The first-order valence-corrected chi connectivity index (χ1v) is 47.3. The second-order valence-corrected chi connectivity index (χ2v) is 72.0. The minimum atomic E-state index is -0.127. The molecular formula is C54H57NOP14. The molecule has 2 aliphatic carbocycles. The highest BCUT2D eigenvalue weighted by molar-refractivity contribution is 9.27. The molecule has 8 atom stereocenters. The summed E-state index contributed by atoms with van der Waals surface area (Å²) in [5, 5.41) is 2.25. The average molecular weight is 1170 g/mol. The van der Waals surface area contributed by atoms with Crippen LogP contribution in [0.3, 0.4) is 0 Å². The molecule has 16 heteroatoms. The number of rotatable bonds is 10. The lowest BCUT2D eigenvalue weighted by molar-refractivity contribution is 0.660. The molecule has 0 N–H and O–H groups in total. The molecule has 0 saturated heterocycles. The lowest BCUT2D eigenvalue weighted by Gasteiger charge is -2.37. The van der Waals surface area contributed by atoms with Gasteiger partial charge in [0.25, 0.3) is 0 Å². The molecule has 0 amide bonds. The molecule has 0 aliphatic heterocycles. The molecule has 1 aromatic heterocycles. The predicted octanol–water partition coefficient (Wildman–Crippen LogP) is 22.8. The second kappa shape index (κ2) is 21.8. The van der Waals surface area contributed by atoms with Crippen LogP contribution in [0.5, 0.6) is 0 Å². The third-order valence-electron chi connectivity index (χ3n) is 13.7. The van der Waals surface area contributed by atoms with Gasteiger partial charge >= 0.3 is 0 Å². The fraction of sp³-hybridized carbons (Fsp3) is 0.111. The first-order chi connectivity index (χ1) is 33.6. The lowest BCUT2D eigenvalue weighted by Crippen LogP contribution is -2.17. The van der Waals surface area contributed by atoms with Crippen LogP contribution in [0.15, 0.2) is 180 Å². The standard InChI is InChI=1S/C54H41NO.H16P14/c1-53(2)43-27-10-8-21-41(43)49-45(53)29-15-31-47(49)55(48-32-16-30-46-50(48)42-22-9-11-28-44(42)54(46,3)4)36-20-12-19-35(33-36)38-24-14-26-40-39-25-13-23-37(51(39)56-52(38)40)34-17-6-5-7-18-34;1-9(2)13(10(3)4)14(11(5)6)12(7)8/h5-33H,1-4H3;1-8H2. The van der Waals surface area contributed by atoms with E-state index in [1.165, 1.54) is 55.9 Å². The monoisotopic (exact) mass is 1170 g/mol. The molecule has 9 aromatic rings. The maximum atomic E-state index is 6.92. The van der Waals surface area contributed by atoms with Gasteiger partial charge in [-0.3, -0.25) is 0 Å². The van der Waals surface area contributed by atoms with Crippen LogP contribution in [0, 0.1) is 0 Å². The van der Waals surface area contributed by atoms with Gasteiger partial charge < -0.3 is 9.32 Å². The van der Waals surface area contributed by atoms with Crippen molar-refractivity contribution < 1.29 is 4.42 Å². The van der Waals surface area contributed by atoms with Crippen molar-refractivity contribution in [2.24, 2.45) is 0 Å². The van der Waals surface area contributed by atoms with Gasteiger partial charge in [-0.05, 0) is 111 Å². The second-order valence-electron chi connectivity index (χ2n) is 18.5. The first kappa shape index (κ1) is 52.8. The molecule has 70 heavy (non-hydrogen) atoms. The summed E-state index contributed by atoms with van der Waals surface area (Å²) in [6.45, 7) is 10.2. The SMILES string of the molecule is CC1(C)c2ccccc2-c2c(N(c3cccc(-c4cccc5c4oc4c(-c6ccccc6)cccc45)c3)c3cccc4c3-c3ccccc3C4(C)C)cccc21.PP(P)P(P(P)P)P(P(P)P)P(P)P. The van der Waals surface area contributed by atoms with Crippen LogP contribution in [0.4, 0.5) is 17.1 Å². The Balaban J connectivity index is 0.000000355. The summed E-state index contributed by atoms with van der Waals surface area (Å²) < 4.78 is 6.92. The van der Waals surface area contributed by atoms with E-state index in [0.29, 0.717) is 0 Å². The summed E-state index contributed by atoms with van der Waals surface area (Å²) in [5.41, 5.74) is 20.1. The van der Waals surface area contributed by atoms with Gasteiger partial charge in [-0.25, -0.2) is 0 Å². The highest BCUT2D eigenvalue weighted by Crippen LogP contribution is 3.21. The fourth-order valence-corrected chi connectivity index (χ4v) is 158. The Kier molecular flexibility index (Phi) is 16.4. The molecule has 2 aliphatic rings. The van der Waals surface area contributed by atoms with E-state index in [9.17, 15) is 0 Å². The quantitative estimate of drug-likeness (QED) is 0.127. The molecule has 0 radical (unpaired) electrons. The van der Waals surface area contributed by atoms with Gasteiger partial charge in [0.1, 0.15) is 11.2 Å². The smallest absolute Gasteiger partial charge is 0.143 e. The third-order valence-corrected chi connectivity index (χ3v) is 92.6. The molecule has 0 fully saturated rings. The summed E-state index contributed by atoms with van der Waals surface area (Å²) in [4.78, 5) is 2.53. The van der Waals surface area contributed by atoms with Gasteiger partial charge in [-0.15, -0.1) is 71.4 Å². The van der Waals surface area contributed by atoms with Crippen molar-refractivity contribution in [3.05, 3.63) is 198 Å². The molecule has 8 aromatic carbocycles. The van der Waals surface area contributed by atoms with E-state index in [-0.39, 0.29) is 52.8 Å². The highest BCUT2D eigenvalue weighted by Gasteiger charge is 2.41. The van der Waals surface area contributed by atoms with Crippen molar-refractivity contribution in [3.8, 4) is 44.5 Å². The van der Waals surface area contributed by atoms with E-state index in [1.54, 1.807) is 0 Å². The van der Waals surface area contributed by atoms with E-state index in [1.807, 2.05) is 0 Å². The van der Waals surface area contributed by atoms with E-state index in [0.717, 1.165) is 49.9 Å². The topological polar surface area (TPSA) is 16.4 Å². The Labute approximate surface area is 439 Å². The van der Waals surface area contributed by atoms with Crippen LogP contribution in [-0.4, -0.2) is 0 Å². The normalized spacial score (nSPS) is 14.1. The molecule has 2 nitrogen and oxygen atoms in total. The Bertz CT molecular complexity index is 3270. The minimum Gasteiger partial charge on any atom is -0.455 e. The van der Waals surface area contributed by atoms with Crippen LogP contribution in [0.25, 0.3) is 66.4 Å². The molecule has 0 spiro atoms. The van der Waals surface area contributed by atoms with Crippen molar-refractivity contribution >= 4 is 152 Å². The van der Waals surface area contributed by atoms with Gasteiger partial charge in [0.2, 0.25) is 0 Å². The van der Waals surface area contributed by atoms with Gasteiger partial charge in [-0.2, -0.15) is 0 Å². The number of fused-ring (bicyclic) bond motifs is 9. The summed E-state index contributed by atoms with van der Waals surface area (Å²) >= 11 is 0. The molecule has 8 unspecified atom stereocenters.